The second kappa shape index (κ2) is 8.83. The Hall–Kier alpha value is -2.05. The van der Waals surface area contributed by atoms with Crippen LogP contribution < -0.4 is 10.1 Å². The third-order valence-corrected chi connectivity index (χ3v) is 6.39. The standard InChI is InChI=1S/C24H32ClNO5/c1-7-14-12-15(25)13-17(30-6)18(14)19-20(27)24(10-8-16(29-5)9-11-24)26-21(19)31-22(28)23(2,3)4/h12-13,16,26H,7-11H2,1-6H3. The summed E-state index contributed by atoms with van der Waals surface area (Å²) >= 11 is 6.28. The smallest absolute Gasteiger partial charge is 0.317 e. The molecule has 0 bridgehead atoms. The van der Waals surface area contributed by atoms with Gasteiger partial charge >= 0.3 is 5.97 Å². The molecule has 1 aromatic carbocycles. The van der Waals surface area contributed by atoms with Crippen LogP contribution in [0.2, 0.25) is 5.02 Å². The highest BCUT2D eigenvalue weighted by molar-refractivity contribution is 6.32. The molecule has 1 aromatic rings. The Kier molecular flexibility index (Phi) is 6.72. The first kappa shape index (κ1) is 23.6. The molecule has 1 saturated carbocycles. The first-order valence-electron chi connectivity index (χ1n) is 10.8. The van der Waals surface area contributed by atoms with Crippen molar-refractivity contribution >= 4 is 28.9 Å². The lowest BCUT2D eigenvalue weighted by atomic mass is 9.76. The quantitative estimate of drug-likeness (QED) is 0.658. The topological polar surface area (TPSA) is 73.9 Å². The number of hydrogen-bond donors (Lipinski definition) is 1. The lowest BCUT2D eigenvalue weighted by molar-refractivity contribution is -0.149. The molecular formula is C24H32ClNO5. The van der Waals surface area contributed by atoms with Gasteiger partial charge in [-0.3, -0.25) is 9.59 Å². The predicted octanol–water partition coefficient (Wildman–Crippen LogP) is 4.67. The average molecular weight is 450 g/mol. The summed E-state index contributed by atoms with van der Waals surface area (Å²) in [5.41, 5.74) is 0.326. The molecule has 7 heteroatoms. The highest BCUT2D eigenvalue weighted by Gasteiger charge is 2.51. The number of hydrogen-bond acceptors (Lipinski definition) is 6. The number of nitrogens with one attached hydrogen (secondary N) is 1. The number of methoxy groups -OCH3 is 2. The third-order valence-electron chi connectivity index (χ3n) is 6.17. The molecule has 170 valence electrons. The van der Waals surface area contributed by atoms with E-state index in [1.165, 1.54) is 0 Å². The van der Waals surface area contributed by atoms with Crippen LogP contribution >= 0.6 is 11.6 Å². The van der Waals surface area contributed by atoms with Crippen LogP contribution in [-0.4, -0.2) is 37.6 Å². The number of rotatable bonds is 5. The number of Topliss-reactive ketones (excluding diaryl/α,β-unsaturated/α-hetero) is 1. The van der Waals surface area contributed by atoms with Crippen LogP contribution in [0.15, 0.2) is 18.0 Å². The van der Waals surface area contributed by atoms with Gasteiger partial charge in [0.15, 0.2) is 5.78 Å². The summed E-state index contributed by atoms with van der Waals surface area (Å²) in [6.45, 7) is 7.34. The highest BCUT2D eigenvalue weighted by atomic mass is 35.5. The Morgan fingerprint density at radius 2 is 1.87 bits per heavy atom. The number of carbonyl (C=O) groups excluding carboxylic acids is 2. The van der Waals surface area contributed by atoms with E-state index in [4.69, 9.17) is 25.8 Å². The lowest BCUT2D eigenvalue weighted by Crippen LogP contribution is -2.50. The molecule has 0 unspecified atom stereocenters. The first-order valence-corrected chi connectivity index (χ1v) is 11.1. The van der Waals surface area contributed by atoms with E-state index in [1.807, 2.05) is 13.0 Å². The molecule has 0 radical (unpaired) electrons. The minimum Gasteiger partial charge on any atom is -0.496 e. The normalized spacial score (nSPS) is 23.8. The summed E-state index contributed by atoms with van der Waals surface area (Å²) in [7, 11) is 3.24. The minimum absolute atomic E-state index is 0.0749. The van der Waals surface area contributed by atoms with Gasteiger partial charge in [0.25, 0.3) is 0 Å². The lowest BCUT2D eigenvalue weighted by Gasteiger charge is -2.36. The maximum Gasteiger partial charge on any atom is 0.317 e. The SMILES string of the molecule is CCc1cc(Cl)cc(OC)c1C1=C(OC(=O)C(C)(C)C)NC2(CCC(OC)CC2)C1=O. The Bertz CT molecular complexity index is 882. The maximum atomic E-state index is 13.9. The number of halogens is 1. The summed E-state index contributed by atoms with van der Waals surface area (Å²) in [6.07, 6.45) is 3.47. The van der Waals surface area contributed by atoms with Crippen LogP contribution in [0.5, 0.6) is 5.75 Å². The average Bonchev–Trinajstić information content (AvgIpc) is 2.98. The largest absolute Gasteiger partial charge is 0.496 e. The number of benzene rings is 1. The Morgan fingerprint density at radius 1 is 1.23 bits per heavy atom. The van der Waals surface area contributed by atoms with Gasteiger partial charge in [-0.15, -0.1) is 0 Å². The van der Waals surface area contributed by atoms with E-state index in [-0.39, 0.29) is 17.8 Å². The molecule has 3 rings (SSSR count). The monoisotopic (exact) mass is 449 g/mol. The van der Waals surface area contributed by atoms with E-state index in [9.17, 15) is 9.59 Å². The minimum atomic E-state index is -0.812. The Labute approximate surface area is 189 Å². The molecule has 0 aromatic heterocycles. The number of esters is 1. The van der Waals surface area contributed by atoms with Crippen LogP contribution in [0.25, 0.3) is 5.57 Å². The van der Waals surface area contributed by atoms with Crippen LogP contribution in [0.4, 0.5) is 0 Å². The summed E-state index contributed by atoms with van der Waals surface area (Å²) in [5.74, 6) is 0.209. The molecule has 0 amide bonds. The van der Waals surface area contributed by atoms with Gasteiger partial charge in [0.2, 0.25) is 5.88 Å². The predicted molar refractivity (Wildman–Crippen MR) is 120 cm³/mol. The molecule has 31 heavy (non-hydrogen) atoms. The number of carbonyl (C=O) groups is 2. The second-order valence-electron chi connectivity index (χ2n) is 9.31. The van der Waals surface area contributed by atoms with Gasteiger partial charge in [-0.1, -0.05) is 18.5 Å². The molecule has 2 aliphatic rings. The molecular weight excluding hydrogens is 418 g/mol. The molecule has 1 heterocycles. The van der Waals surface area contributed by atoms with Crippen molar-refractivity contribution in [3.63, 3.8) is 0 Å². The summed E-state index contributed by atoms with van der Waals surface area (Å²) in [4.78, 5) is 26.7. The van der Waals surface area contributed by atoms with Crippen LogP contribution in [0.1, 0.15) is 64.5 Å². The summed E-state index contributed by atoms with van der Waals surface area (Å²) < 4.78 is 16.9. The fourth-order valence-corrected chi connectivity index (χ4v) is 4.49. The van der Waals surface area contributed by atoms with Crippen molar-refractivity contribution < 1.29 is 23.8 Å². The molecule has 0 saturated heterocycles. The zero-order valence-corrected chi connectivity index (χ0v) is 19.9. The number of ketones is 1. The second-order valence-corrected chi connectivity index (χ2v) is 9.75. The van der Waals surface area contributed by atoms with Crippen molar-refractivity contribution in [2.24, 2.45) is 5.41 Å². The van der Waals surface area contributed by atoms with Crippen molar-refractivity contribution in [1.29, 1.82) is 0 Å². The van der Waals surface area contributed by atoms with Gasteiger partial charge in [0, 0.05) is 17.7 Å². The molecule has 6 nitrogen and oxygen atoms in total. The van der Waals surface area contributed by atoms with E-state index in [1.54, 1.807) is 41.1 Å². The Morgan fingerprint density at radius 3 is 2.39 bits per heavy atom. The molecule has 1 spiro atoms. The maximum absolute atomic E-state index is 13.9. The zero-order valence-electron chi connectivity index (χ0n) is 19.2. The zero-order chi connectivity index (χ0) is 23.0. The molecule has 1 fully saturated rings. The van der Waals surface area contributed by atoms with Crippen LogP contribution in [-0.2, 0) is 25.5 Å². The van der Waals surface area contributed by atoms with E-state index in [0.29, 0.717) is 41.2 Å². The molecule has 0 atom stereocenters. The fraction of sp³-hybridized carbons (Fsp3) is 0.583. The van der Waals surface area contributed by atoms with Crippen LogP contribution in [0.3, 0.4) is 0 Å². The van der Waals surface area contributed by atoms with E-state index >= 15 is 0 Å². The van der Waals surface area contributed by atoms with Crippen LogP contribution in [0, 0.1) is 5.41 Å². The summed E-state index contributed by atoms with van der Waals surface area (Å²) in [6, 6.07) is 3.52. The van der Waals surface area contributed by atoms with Gasteiger partial charge in [0.1, 0.15) is 11.3 Å². The van der Waals surface area contributed by atoms with Crippen molar-refractivity contribution in [2.45, 2.75) is 71.4 Å². The first-order chi connectivity index (χ1) is 14.6. The van der Waals surface area contributed by atoms with Gasteiger partial charge in [-0.2, -0.15) is 0 Å². The van der Waals surface area contributed by atoms with Crippen molar-refractivity contribution in [1.82, 2.24) is 5.32 Å². The van der Waals surface area contributed by atoms with Crippen molar-refractivity contribution in [3.8, 4) is 5.75 Å². The molecule has 1 N–H and O–H groups in total. The van der Waals surface area contributed by atoms with Gasteiger partial charge in [-0.25, -0.2) is 0 Å². The van der Waals surface area contributed by atoms with E-state index < -0.39 is 16.9 Å². The highest BCUT2D eigenvalue weighted by Crippen LogP contribution is 2.45. The van der Waals surface area contributed by atoms with E-state index in [0.717, 1.165) is 18.4 Å². The van der Waals surface area contributed by atoms with E-state index in [2.05, 4.69) is 5.32 Å². The molecule has 1 aliphatic carbocycles. The van der Waals surface area contributed by atoms with Gasteiger partial charge in [-0.05, 0) is 70.6 Å². The number of ether oxygens (including phenoxy) is 3. The fourth-order valence-electron chi connectivity index (χ4n) is 4.26. The summed E-state index contributed by atoms with van der Waals surface area (Å²) in [5, 5.41) is 3.84. The number of aryl methyl sites for hydroxylation is 1. The van der Waals surface area contributed by atoms with Crippen molar-refractivity contribution in [2.75, 3.05) is 14.2 Å². The van der Waals surface area contributed by atoms with Crippen molar-refractivity contribution in [3.05, 3.63) is 34.2 Å². The van der Waals surface area contributed by atoms with Gasteiger partial charge < -0.3 is 19.5 Å². The molecule has 1 aliphatic heterocycles. The Balaban J connectivity index is 2.14. The third kappa shape index (κ3) is 4.46. The van der Waals surface area contributed by atoms with Gasteiger partial charge in [0.05, 0.1) is 24.2 Å².